The Bertz CT molecular complexity index is 958. The lowest BCUT2D eigenvalue weighted by molar-refractivity contribution is 0.994. The van der Waals surface area contributed by atoms with Crippen molar-refractivity contribution in [2.75, 3.05) is 5.32 Å². The second-order valence-electron chi connectivity index (χ2n) is 5.31. The molecule has 0 bridgehead atoms. The molecule has 3 aromatic rings. The predicted octanol–water partition coefficient (Wildman–Crippen LogP) is 3.22. The van der Waals surface area contributed by atoms with Crippen LogP contribution in [0.1, 0.15) is 17.0 Å². The Hall–Kier alpha value is -3.56. The fraction of sp³-hybridized carbons (Fsp3) is 0.0526. The van der Waals surface area contributed by atoms with E-state index in [1.54, 1.807) is 18.2 Å². The molecule has 0 fully saturated rings. The van der Waals surface area contributed by atoms with Crippen molar-refractivity contribution in [2.45, 2.75) is 6.54 Å². The molecule has 6 heteroatoms. The zero-order valence-corrected chi connectivity index (χ0v) is 13.4. The number of nitrogens with two attached hydrogens (primary N) is 1. The number of rotatable bonds is 5. The molecule has 0 aliphatic carbocycles. The van der Waals surface area contributed by atoms with E-state index in [1.807, 2.05) is 42.5 Å². The standard InChI is InChI=1S/C19H16N6/c20-10-14-8-7-13(17-5-1-3-15(11-21)23-17)9-18(14)25-19-6-2-4-16(12-22)24-19/h1-10,20H,11,21H2,(H,24,25). The van der Waals surface area contributed by atoms with Crippen molar-refractivity contribution in [2.24, 2.45) is 5.73 Å². The van der Waals surface area contributed by atoms with Crippen LogP contribution in [0.25, 0.3) is 11.3 Å². The highest BCUT2D eigenvalue weighted by molar-refractivity contribution is 5.89. The molecule has 0 unspecified atom stereocenters. The zero-order valence-electron chi connectivity index (χ0n) is 13.4. The van der Waals surface area contributed by atoms with Crippen LogP contribution in [0.5, 0.6) is 0 Å². The van der Waals surface area contributed by atoms with Crippen LogP contribution in [0.4, 0.5) is 11.5 Å². The summed E-state index contributed by atoms with van der Waals surface area (Å²) in [6.45, 7) is 0.377. The lowest BCUT2D eigenvalue weighted by atomic mass is 10.1. The minimum absolute atomic E-state index is 0.329. The van der Waals surface area contributed by atoms with Crippen molar-refractivity contribution >= 4 is 17.7 Å². The molecule has 6 nitrogen and oxygen atoms in total. The summed E-state index contributed by atoms with van der Waals surface area (Å²) in [7, 11) is 0. The maximum absolute atomic E-state index is 8.98. The Morgan fingerprint density at radius 3 is 2.72 bits per heavy atom. The second kappa shape index (κ2) is 7.34. The molecular weight excluding hydrogens is 312 g/mol. The monoisotopic (exact) mass is 328 g/mol. The number of hydrogen-bond donors (Lipinski definition) is 3. The zero-order chi connectivity index (χ0) is 17.6. The third-order valence-corrected chi connectivity index (χ3v) is 3.65. The summed E-state index contributed by atoms with van der Waals surface area (Å²) in [5.74, 6) is 0.544. The molecule has 0 saturated carbocycles. The van der Waals surface area contributed by atoms with E-state index in [1.165, 1.54) is 6.21 Å². The molecule has 25 heavy (non-hydrogen) atoms. The Balaban J connectivity index is 2.00. The number of pyridine rings is 2. The first-order valence-corrected chi connectivity index (χ1v) is 7.68. The molecule has 1 aromatic carbocycles. The molecule has 0 saturated heterocycles. The van der Waals surface area contributed by atoms with Crippen LogP contribution < -0.4 is 11.1 Å². The Morgan fingerprint density at radius 2 is 1.96 bits per heavy atom. The molecule has 0 spiro atoms. The third kappa shape index (κ3) is 3.68. The number of benzene rings is 1. The number of anilines is 2. The van der Waals surface area contributed by atoms with Gasteiger partial charge in [0.05, 0.1) is 11.4 Å². The van der Waals surface area contributed by atoms with Crippen LogP contribution in [-0.2, 0) is 6.54 Å². The number of hydrogen-bond acceptors (Lipinski definition) is 6. The maximum atomic E-state index is 8.98. The number of nitriles is 1. The first-order valence-electron chi connectivity index (χ1n) is 7.68. The van der Waals surface area contributed by atoms with Crippen molar-refractivity contribution in [3.05, 3.63) is 71.5 Å². The van der Waals surface area contributed by atoms with Gasteiger partial charge in [-0.25, -0.2) is 4.98 Å². The summed E-state index contributed by atoms with van der Waals surface area (Å²) in [5.41, 5.74) is 9.94. The minimum Gasteiger partial charge on any atom is -0.340 e. The van der Waals surface area contributed by atoms with Gasteiger partial charge in [0.25, 0.3) is 0 Å². The average molecular weight is 328 g/mol. The maximum Gasteiger partial charge on any atom is 0.142 e. The van der Waals surface area contributed by atoms with E-state index in [2.05, 4.69) is 15.3 Å². The van der Waals surface area contributed by atoms with Crippen LogP contribution in [0.3, 0.4) is 0 Å². The summed E-state index contributed by atoms with van der Waals surface area (Å²) >= 11 is 0. The van der Waals surface area contributed by atoms with E-state index < -0.39 is 0 Å². The van der Waals surface area contributed by atoms with Crippen LogP contribution in [0.15, 0.2) is 54.6 Å². The van der Waals surface area contributed by atoms with Gasteiger partial charge in [0.2, 0.25) is 0 Å². The van der Waals surface area contributed by atoms with Crippen molar-refractivity contribution in [1.82, 2.24) is 9.97 Å². The molecule has 122 valence electrons. The van der Waals surface area contributed by atoms with Gasteiger partial charge in [-0.05, 0) is 30.3 Å². The molecular formula is C19H16N6. The SMILES string of the molecule is N#Cc1cccc(Nc2cc(-c3cccc(CN)n3)ccc2C=N)n1. The lowest BCUT2D eigenvalue weighted by Crippen LogP contribution is -2.01. The lowest BCUT2D eigenvalue weighted by Gasteiger charge is -2.11. The normalized spacial score (nSPS) is 10.1. The smallest absolute Gasteiger partial charge is 0.142 e. The van der Waals surface area contributed by atoms with Crippen LogP contribution >= 0.6 is 0 Å². The molecule has 0 aliphatic rings. The summed E-state index contributed by atoms with van der Waals surface area (Å²) in [6, 6.07) is 18.6. The fourth-order valence-corrected chi connectivity index (χ4v) is 2.41. The summed E-state index contributed by atoms with van der Waals surface area (Å²) in [5, 5.41) is 19.7. The predicted molar refractivity (Wildman–Crippen MR) is 97.7 cm³/mol. The third-order valence-electron chi connectivity index (χ3n) is 3.65. The molecule has 0 atom stereocenters. The van der Waals surface area contributed by atoms with E-state index in [0.29, 0.717) is 23.6 Å². The van der Waals surface area contributed by atoms with Gasteiger partial charge in [0.15, 0.2) is 0 Å². The Labute approximate surface area is 145 Å². The first-order chi connectivity index (χ1) is 12.2. The van der Waals surface area contributed by atoms with Gasteiger partial charge < -0.3 is 16.5 Å². The van der Waals surface area contributed by atoms with E-state index >= 15 is 0 Å². The van der Waals surface area contributed by atoms with Crippen molar-refractivity contribution in [3.63, 3.8) is 0 Å². The molecule has 3 rings (SSSR count). The highest BCUT2D eigenvalue weighted by atomic mass is 15.0. The second-order valence-corrected chi connectivity index (χ2v) is 5.31. The highest BCUT2D eigenvalue weighted by Gasteiger charge is 2.07. The van der Waals surface area contributed by atoms with E-state index in [9.17, 15) is 0 Å². The molecule has 0 amide bonds. The van der Waals surface area contributed by atoms with Gasteiger partial charge >= 0.3 is 0 Å². The Kier molecular flexibility index (Phi) is 4.79. The molecule has 4 N–H and O–H groups in total. The topological polar surface area (TPSA) is 111 Å². The highest BCUT2D eigenvalue weighted by Crippen LogP contribution is 2.26. The molecule has 2 aromatic heterocycles. The van der Waals surface area contributed by atoms with Gasteiger partial charge in [-0.2, -0.15) is 5.26 Å². The van der Waals surface area contributed by atoms with Gasteiger partial charge in [-0.15, -0.1) is 0 Å². The quantitative estimate of drug-likeness (QED) is 0.623. The van der Waals surface area contributed by atoms with Crippen LogP contribution in [0, 0.1) is 16.7 Å². The number of aromatic nitrogens is 2. The van der Waals surface area contributed by atoms with Gasteiger partial charge in [0.1, 0.15) is 17.6 Å². The first kappa shape index (κ1) is 16.3. The summed E-state index contributed by atoms with van der Waals surface area (Å²) in [6.07, 6.45) is 1.27. The summed E-state index contributed by atoms with van der Waals surface area (Å²) < 4.78 is 0. The minimum atomic E-state index is 0.329. The van der Waals surface area contributed by atoms with Gasteiger partial charge in [-0.3, -0.25) is 4.98 Å². The van der Waals surface area contributed by atoms with E-state index in [-0.39, 0.29) is 0 Å². The molecule has 0 aliphatic heterocycles. The average Bonchev–Trinajstić information content (AvgIpc) is 2.68. The molecule has 2 heterocycles. The van der Waals surface area contributed by atoms with E-state index in [0.717, 1.165) is 22.6 Å². The fourth-order valence-electron chi connectivity index (χ4n) is 2.41. The van der Waals surface area contributed by atoms with Gasteiger partial charge in [0, 0.05) is 29.6 Å². The number of nitrogens with zero attached hydrogens (tertiary/aromatic N) is 3. The number of nitrogens with one attached hydrogen (secondary N) is 2. The van der Waals surface area contributed by atoms with Crippen molar-refractivity contribution in [1.29, 1.82) is 10.7 Å². The van der Waals surface area contributed by atoms with Crippen LogP contribution in [0.2, 0.25) is 0 Å². The largest absolute Gasteiger partial charge is 0.340 e. The van der Waals surface area contributed by atoms with Crippen LogP contribution in [-0.4, -0.2) is 16.2 Å². The van der Waals surface area contributed by atoms with Crippen molar-refractivity contribution < 1.29 is 0 Å². The van der Waals surface area contributed by atoms with Gasteiger partial charge in [-0.1, -0.05) is 24.3 Å². The Morgan fingerprint density at radius 1 is 1.12 bits per heavy atom. The summed E-state index contributed by atoms with van der Waals surface area (Å²) in [4.78, 5) is 8.74. The van der Waals surface area contributed by atoms with Crippen molar-refractivity contribution in [3.8, 4) is 17.3 Å². The van der Waals surface area contributed by atoms with E-state index in [4.69, 9.17) is 16.4 Å². The molecule has 0 radical (unpaired) electrons.